The second-order valence-corrected chi connectivity index (χ2v) is 8.18. The SMILES string of the molecule is COC(=O)C(C)(C)OCc1ccc(C=CCn2cccc2C(=O)c2ccc(C)cc2)cc1. The first-order chi connectivity index (χ1) is 15.3. The van der Waals surface area contributed by atoms with Crippen molar-refractivity contribution in [3.63, 3.8) is 0 Å². The first-order valence-electron chi connectivity index (χ1n) is 10.5. The molecule has 5 heteroatoms. The average Bonchev–Trinajstić information content (AvgIpc) is 3.26. The van der Waals surface area contributed by atoms with Gasteiger partial charge in [-0.15, -0.1) is 0 Å². The molecule has 2 aromatic carbocycles. The Kier molecular flexibility index (Phi) is 7.44. The van der Waals surface area contributed by atoms with Gasteiger partial charge in [-0.25, -0.2) is 4.79 Å². The number of ether oxygens (including phenoxy) is 2. The molecule has 1 heterocycles. The Hall–Kier alpha value is -3.44. The lowest BCUT2D eigenvalue weighted by Crippen LogP contribution is -2.35. The highest BCUT2D eigenvalue weighted by Gasteiger charge is 2.29. The largest absolute Gasteiger partial charge is 0.467 e. The molecule has 0 aliphatic carbocycles. The number of ketones is 1. The van der Waals surface area contributed by atoms with Crippen LogP contribution in [-0.4, -0.2) is 29.0 Å². The maximum absolute atomic E-state index is 12.8. The van der Waals surface area contributed by atoms with Gasteiger partial charge in [0.05, 0.1) is 19.4 Å². The lowest BCUT2D eigenvalue weighted by Gasteiger charge is -2.22. The maximum Gasteiger partial charge on any atom is 0.337 e. The molecule has 0 bridgehead atoms. The zero-order valence-electron chi connectivity index (χ0n) is 19.0. The molecule has 0 saturated carbocycles. The van der Waals surface area contributed by atoms with Crippen LogP contribution in [0.15, 0.2) is 72.9 Å². The molecule has 3 rings (SSSR count). The molecular formula is C27H29NO4. The van der Waals surface area contributed by atoms with E-state index in [0.717, 1.165) is 16.7 Å². The molecule has 32 heavy (non-hydrogen) atoms. The number of benzene rings is 2. The molecule has 0 N–H and O–H groups in total. The van der Waals surface area contributed by atoms with Gasteiger partial charge in [0.25, 0.3) is 0 Å². The Bertz CT molecular complexity index is 1090. The summed E-state index contributed by atoms with van der Waals surface area (Å²) >= 11 is 0. The van der Waals surface area contributed by atoms with Gasteiger partial charge in [-0.05, 0) is 44.0 Å². The van der Waals surface area contributed by atoms with Gasteiger partial charge in [0.2, 0.25) is 5.78 Å². The minimum Gasteiger partial charge on any atom is -0.467 e. The zero-order valence-corrected chi connectivity index (χ0v) is 19.0. The standard InChI is InChI=1S/C27H29NO4/c1-20-9-15-23(16-10-20)25(29)24-8-6-18-28(24)17-5-7-21-11-13-22(14-12-21)19-32-27(2,3)26(30)31-4/h5-16,18H,17,19H2,1-4H3. The molecule has 166 valence electrons. The van der Waals surface area contributed by atoms with E-state index in [-0.39, 0.29) is 5.78 Å². The van der Waals surface area contributed by atoms with E-state index >= 15 is 0 Å². The topological polar surface area (TPSA) is 57.5 Å². The smallest absolute Gasteiger partial charge is 0.337 e. The molecule has 0 saturated heterocycles. The lowest BCUT2D eigenvalue weighted by molar-refractivity contribution is -0.166. The van der Waals surface area contributed by atoms with Crippen molar-refractivity contribution < 1.29 is 19.1 Å². The Morgan fingerprint density at radius 3 is 2.34 bits per heavy atom. The van der Waals surface area contributed by atoms with Crippen molar-refractivity contribution in [3.05, 3.63) is 101 Å². The zero-order chi connectivity index (χ0) is 23.1. The number of hydrogen-bond donors (Lipinski definition) is 0. The summed E-state index contributed by atoms with van der Waals surface area (Å²) in [4.78, 5) is 24.5. The summed E-state index contributed by atoms with van der Waals surface area (Å²) in [6, 6.07) is 19.3. The molecule has 0 atom stereocenters. The number of nitrogens with zero attached hydrogens (tertiary/aromatic N) is 1. The number of aromatic nitrogens is 1. The fourth-order valence-corrected chi connectivity index (χ4v) is 3.23. The molecule has 0 aliphatic rings. The van der Waals surface area contributed by atoms with Crippen LogP contribution in [0.1, 0.15) is 46.6 Å². The number of carbonyl (C=O) groups excluding carboxylic acids is 2. The highest BCUT2D eigenvalue weighted by atomic mass is 16.6. The Morgan fingerprint density at radius 2 is 1.69 bits per heavy atom. The van der Waals surface area contributed by atoms with E-state index < -0.39 is 11.6 Å². The number of esters is 1. The Morgan fingerprint density at radius 1 is 1.00 bits per heavy atom. The first kappa shape index (κ1) is 23.2. The van der Waals surface area contributed by atoms with E-state index in [1.54, 1.807) is 13.8 Å². The minimum absolute atomic E-state index is 0.0163. The van der Waals surface area contributed by atoms with Crippen LogP contribution in [0.25, 0.3) is 6.08 Å². The van der Waals surface area contributed by atoms with Crippen LogP contribution in [0, 0.1) is 6.92 Å². The van der Waals surface area contributed by atoms with Crippen LogP contribution in [0.3, 0.4) is 0 Å². The van der Waals surface area contributed by atoms with E-state index in [2.05, 4.69) is 0 Å². The fraction of sp³-hybridized carbons (Fsp3) is 0.259. The molecule has 1 aromatic heterocycles. The van der Waals surface area contributed by atoms with Crippen LogP contribution in [0.2, 0.25) is 0 Å². The number of aryl methyl sites for hydroxylation is 1. The maximum atomic E-state index is 12.8. The molecule has 5 nitrogen and oxygen atoms in total. The van der Waals surface area contributed by atoms with Crippen LogP contribution in [-0.2, 0) is 27.4 Å². The third kappa shape index (κ3) is 5.83. The second kappa shape index (κ2) is 10.2. The number of hydrogen-bond acceptors (Lipinski definition) is 4. The third-order valence-corrected chi connectivity index (χ3v) is 5.24. The average molecular weight is 432 g/mol. The summed E-state index contributed by atoms with van der Waals surface area (Å²) in [5, 5.41) is 0. The van der Waals surface area contributed by atoms with Crippen molar-refractivity contribution >= 4 is 17.8 Å². The normalized spacial score (nSPS) is 11.6. The Balaban J connectivity index is 1.59. The van der Waals surface area contributed by atoms with Crippen LogP contribution >= 0.6 is 0 Å². The quantitative estimate of drug-likeness (QED) is 0.345. The van der Waals surface area contributed by atoms with Crippen molar-refractivity contribution in [2.75, 3.05) is 7.11 Å². The summed E-state index contributed by atoms with van der Waals surface area (Å²) in [6.45, 7) is 6.30. The van der Waals surface area contributed by atoms with Gasteiger partial charge in [0, 0.05) is 18.3 Å². The predicted molar refractivity (Wildman–Crippen MR) is 125 cm³/mol. The molecule has 0 amide bonds. The highest BCUT2D eigenvalue weighted by Crippen LogP contribution is 2.16. The summed E-state index contributed by atoms with van der Waals surface area (Å²) in [6.07, 6.45) is 5.95. The van der Waals surface area contributed by atoms with Crippen LogP contribution in [0.5, 0.6) is 0 Å². The minimum atomic E-state index is -0.988. The summed E-state index contributed by atoms with van der Waals surface area (Å²) in [5.74, 6) is -0.384. The number of allylic oxidation sites excluding steroid dienone is 1. The lowest BCUT2D eigenvalue weighted by atomic mass is 10.1. The number of methoxy groups -OCH3 is 1. The molecule has 3 aromatic rings. The van der Waals surface area contributed by atoms with E-state index in [9.17, 15) is 9.59 Å². The predicted octanol–water partition coefficient (Wildman–Crippen LogP) is 5.21. The summed E-state index contributed by atoms with van der Waals surface area (Å²) in [5.41, 5.74) is 3.50. The molecule has 0 radical (unpaired) electrons. The van der Waals surface area contributed by atoms with Crippen molar-refractivity contribution in [3.8, 4) is 0 Å². The second-order valence-electron chi connectivity index (χ2n) is 8.18. The van der Waals surface area contributed by atoms with Crippen molar-refractivity contribution in [1.29, 1.82) is 0 Å². The molecular weight excluding hydrogens is 402 g/mol. The van der Waals surface area contributed by atoms with E-state index in [4.69, 9.17) is 9.47 Å². The molecule has 0 aliphatic heterocycles. The highest BCUT2D eigenvalue weighted by molar-refractivity contribution is 6.08. The molecule has 0 unspecified atom stereocenters. The fourth-order valence-electron chi connectivity index (χ4n) is 3.23. The monoisotopic (exact) mass is 431 g/mol. The summed E-state index contributed by atoms with van der Waals surface area (Å²) in [7, 11) is 1.35. The number of rotatable bonds is 9. The van der Waals surface area contributed by atoms with Gasteiger partial charge >= 0.3 is 5.97 Å². The van der Waals surface area contributed by atoms with Gasteiger partial charge in [0.1, 0.15) is 0 Å². The van der Waals surface area contributed by atoms with Gasteiger partial charge in [-0.3, -0.25) is 4.79 Å². The van der Waals surface area contributed by atoms with Gasteiger partial charge in [-0.2, -0.15) is 0 Å². The van der Waals surface area contributed by atoms with Crippen molar-refractivity contribution in [1.82, 2.24) is 4.57 Å². The van der Waals surface area contributed by atoms with E-state index in [0.29, 0.717) is 24.4 Å². The molecule has 0 spiro atoms. The van der Waals surface area contributed by atoms with Crippen molar-refractivity contribution in [2.45, 2.75) is 39.5 Å². The van der Waals surface area contributed by atoms with Gasteiger partial charge < -0.3 is 14.0 Å². The van der Waals surface area contributed by atoms with Crippen LogP contribution < -0.4 is 0 Å². The van der Waals surface area contributed by atoms with E-state index in [1.165, 1.54) is 7.11 Å². The molecule has 0 fully saturated rings. The Labute approximate surface area is 189 Å². The van der Waals surface area contributed by atoms with Crippen LogP contribution in [0.4, 0.5) is 0 Å². The summed E-state index contributed by atoms with van der Waals surface area (Å²) < 4.78 is 12.4. The third-order valence-electron chi connectivity index (χ3n) is 5.24. The van der Waals surface area contributed by atoms with Gasteiger partial charge in [-0.1, -0.05) is 66.2 Å². The first-order valence-corrected chi connectivity index (χ1v) is 10.5. The number of carbonyl (C=O) groups is 2. The van der Waals surface area contributed by atoms with Gasteiger partial charge in [0.15, 0.2) is 5.60 Å². The van der Waals surface area contributed by atoms with E-state index in [1.807, 2.05) is 90.5 Å². The van der Waals surface area contributed by atoms with Crippen molar-refractivity contribution in [2.24, 2.45) is 0 Å².